The van der Waals surface area contributed by atoms with Crippen molar-refractivity contribution in [2.75, 3.05) is 18.0 Å². The van der Waals surface area contributed by atoms with Gasteiger partial charge in [0.25, 0.3) is 5.91 Å². The van der Waals surface area contributed by atoms with E-state index in [0.29, 0.717) is 43.8 Å². The number of piperidine rings is 1. The van der Waals surface area contributed by atoms with Gasteiger partial charge < -0.3 is 14.6 Å². The minimum absolute atomic E-state index is 0.141. The zero-order valence-corrected chi connectivity index (χ0v) is 18.8. The first kappa shape index (κ1) is 22.1. The van der Waals surface area contributed by atoms with E-state index in [1.54, 1.807) is 42.7 Å². The zero-order valence-electron chi connectivity index (χ0n) is 18.0. The third-order valence-electron chi connectivity index (χ3n) is 5.64. The number of amides is 1. The molecule has 4 rings (SSSR count). The summed E-state index contributed by atoms with van der Waals surface area (Å²) in [6.45, 7) is 3.56. The second-order valence-corrected chi connectivity index (χ2v) is 9.69. The van der Waals surface area contributed by atoms with Crippen LogP contribution in [0.4, 0.5) is 5.69 Å². The first-order chi connectivity index (χ1) is 15.4. The number of carbonyl (C=O) groups excluding carboxylic acids is 1. The summed E-state index contributed by atoms with van der Waals surface area (Å²) >= 11 is 0. The second kappa shape index (κ2) is 9.58. The Morgan fingerprint density at radius 1 is 1.03 bits per heavy atom. The van der Waals surface area contributed by atoms with Crippen LogP contribution in [0.25, 0.3) is 0 Å². The minimum atomic E-state index is -3.55. The third kappa shape index (κ3) is 5.20. The van der Waals surface area contributed by atoms with E-state index in [1.165, 1.54) is 0 Å². The van der Waals surface area contributed by atoms with E-state index < -0.39 is 10.0 Å². The molecule has 8 heteroatoms. The lowest BCUT2D eigenvalue weighted by atomic mass is 10.0. The Kier molecular flexibility index (Phi) is 6.62. The van der Waals surface area contributed by atoms with Crippen LogP contribution in [0.3, 0.4) is 0 Å². The summed E-state index contributed by atoms with van der Waals surface area (Å²) in [5.74, 6) is 0.525. The number of sulfonamides is 1. The molecule has 0 saturated carbocycles. The lowest BCUT2D eigenvalue weighted by Crippen LogP contribution is -2.45. The van der Waals surface area contributed by atoms with E-state index in [9.17, 15) is 13.2 Å². The SMILES string of the molecule is Cc1ccc(S(=O)(=O)NC2CCN(c3ccccc3C(=O)NCc3ccco3)CC2)cc1. The van der Waals surface area contributed by atoms with Crippen molar-refractivity contribution in [2.45, 2.75) is 37.2 Å². The van der Waals surface area contributed by atoms with E-state index in [2.05, 4.69) is 14.9 Å². The average Bonchev–Trinajstić information content (AvgIpc) is 3.32. The fourth-order valence-corrected chi connectivity index (χ4v) is 5.17. The lowest BCUT2D eigenvalue weighted by molar-refractivity contribution is 0.0948. The number of nitrogens with one attached hydrogen (secondary N) is 2. The topological polar surface area (TPSA) is 91.7 Å². The first-order valence-corrected chi connectivity index (χ1v) is 12.1. The van der Waals surface area contributed by atoms with Gasteiger partial charge in [0, 0.05) is 24.8 Å². The van der Waals surface area contributed by atoms with Crippen molar-refractivity contribution in [1.82, 2.24) is 10.0 Å². The minimum Gasteiger partial charge on any atom is -0.467 e. The van der Waals surface area contributed by atoms with Gasteiger partial charge in [-0.15, -0.1) is 0 Å². The Balaban J connectivity index is 1.38. The predicted octanol–water partition coefficient (Wildman–Crippen LogP) is 3.47. The number of benzene rings is 2. The van der Waals surface area contributed by atoms with Gasteiger partial charge in [-0.1, -0.05) is 29.8 Å². The number of hydrogen-bond acceptors (Lipinski definition) is 5. The van der Waals surface area contributed by atoms with Crippen molar-refractivity contribution in [3.63, 3.8) is 0 Å². The van der Waals surface area contributed by atoms with Gasteiger partial charge in [0.15, 0.2) is 0 Å². The van der Waals surface area contributed by atoms with Crippen LogP contribution >= 0.6 is 0 Å². The lowest BCUT2D eigenvalue weighted by Gasteiger charge is -2.34. The normalized spacial score (nSPS) is 15.0. The number of carbonyl (C=O) groups is 1. The maximum Gasteiger partial charge on any atom is 0.253 e. The van der Waals surface area contributed by atoms with Gasteiger partial charge in [0.05, 0.1) is 23.3 Å². The molecule has 0 spiro atoms. The molecular weight excluding hydrogens is 426 g/mol. The van der Waals surface area contributed by atoms with Gasteiger partial charge in [-0.3, -0.25) is 4.79 Å². The molecule has 0 atom stereocenters. The monoisotopic (exact) mass is 453 g/mol. The Morgan fingerprint density at radius 3 is 2.44 bits per heavy atom. The molecule has 1 aliphatic heterocycles. The molecule has 2 aromatic carbocycles. The summed E-state index contributed by atoms with van der Waals surface area (Å²) in [5, 5.41) is 2.89. The third-order valence-corrected chi connectivity index (χ3v) is 7.18. The van der Waals surface area contributed by atoms with Crippen molar-refractivity contribution in [3.05, 3.63) is 83.8 Å². The highest BCUT2D eigenvalue weighted by molar-refractivity contribution is 7.89. The standard InChI is InChI=1S/C24H27N3O4S/c1-18-8-10-21(11-9-18)32(29,30)26-19-12-14-27(15-13-19)23-7-3-2-6-22(23)24(28)25-17-20-5-4-16-31-20/h2-11,16,19,26H,12-15,17H2,1H3,(H,25,28). The number of aryl methyl sites for hydroxylation is 1. The Bertz CT molecular complexity index is 1150. The Labute approximate surface area is 188 Å². The molecule has 1 aromatic heterocycles. The van der Waals surface area contributed by atoms with Gasteiger partial charge in [0.2, 0.25) is 10.0 Å². The fraction of sp³-hybridized carbons (Fsp3) is 0.292. The number of rotatable bonds is 7. The molecule has 0 unspecified atom stereocenters. The van der Waals surface area contributed by atoms with Gasteiger partial charge in [-0.2, -0.15) is 0 Å². The van der Waals surface area contributed by atoms with Crippen molar-refractivity contribution >= 4 is 21.6 Å². The number of nitrogens with zero attached hydrogens (tertiary/aromatic N) is 1. The van der Waals surface area contributed by atoms with Crippen LogP contribution in [0.2, 0.25) is 0 Å². The molecule has 0 radical (unpaired) electrons. The van der Waals surface area contributed by atoms with Gasteiger partial charge >= 0.3 is 0 Å². The van der Waals surface area contributed by atoms with E-state index in [1.807, 2.05) is 31.2 Å². The van der Waals surface area contributed by atoms with Crippen LogP contribution in [0.15, 0.2) is 76.2 Å². The summed E-state index contributed by atoms with van der Waals surface area (Å²) in [6.07, 6.45) is 2.90. The van der Waals surface area contributed by atoms with Crippen molar-refractivity contribution in [1.29, 1.82) is 0 Å². The first-order valence-electron chi connectivity index (χ1n) is 10.7. The van der Waals surface area contributed by atoms with E-state index in [4.69, 9.17) is 4.42 Å². The number of hydrogen-bond donors (Lipinski definition) is 2. The van der Waals surface area contributed by atoms with Crippen LogP contribution in [0.5, 0.6) is 0 Å². The Hall–Kier alpha value is -3.10. The summed E-state index contributed by atoms with van der Waals surface area (Å²) < 4.78 is 33.5. The molecule has 2 heterocycles. The molecule has 168 valence electrons. The van der Waals surface area contributed by atoms with Gasteiger partial charge in [-0.05, 0) is 56.2 Å². The molecule has 1 saturated heterocycles. The van der Waals surface area contributed by atoms with Crippen LogP contribution in [-0.2, 0) is 16.6 Å². The molecule has 0 aliphatic carbocycles. The Morgan fingerprint density at radius 2 is 1.75 bits per heavy atom. The molecule has 2 N–H and O–H groups in total. The molecule has 7 nitrogen and oxygen atoms in total. The number of para-hydroxylation sites is 1. The molecular formula is C24H27N3O4S. The van der Waals surface area contributed by atoms with E-state index in [-0.39, 0.29) is 16.8 Å². The maximum atomic E-state index is 12.8. The second-order valence-electron chi connectivity index (χ2n) is 7.97. The molecule has 3 aromatic rings. The van der Waals surface area contributed by atoms with Gasteiger partial charge in [0.1, 0.15) is 5.76 Å². The largest absolute Gasteiger partial charge is 0.467 e. The van der Waals surface area contributed by atoms with Crippen LogP contribution in [-0.4, -0.2) is 33.5 Å². The average molecular weight is 454 g/mol. The number of anilines is 1. The zero-order chi connectivity index (χ0) is 22.6. The molecule has 32 heavy (non-hydrogen) atoms. The predicted molar refractivity (Wildman–Crippen MR) is 123 cm³/mol. The molecule has 0 bridgehead atoms. The highest BCUT2D eigenvalue weighted by Gasteiger charge is 2.26. The highest BCUT2D eigenvalue weighted by Crippen LogP contribution is 2.25. The van der Waals surface area contributed by atoms with Crippen molar-refractivity contribution in [3.8, 4) is 0 Å². The van der Waals surface area contributed by atoms with Crippen LogP contribution in [0, 0.1) is 6.92 Å². The van der Waals surface area contributed by atoms with E-state index in [0.717, 1.165) is 11.3 Å². The number of furan rings is 1. The quantitative estimate of drug-likeness (QED) is 0.572. The highest BCUT2D eigenvalue weighted by atomic mass is 32.2. The van der Waals surface area contributed by atoms with Gasteiger partial charge in [-0.25, -0.2) is 13.1 Å². The van der Waals surface area contributed by atoms with Crippen LogP contribution in [0.1, 0.15) is 34.5 Å². The van der Waals surface area contributed by atoms with Crippen molar-refractivity contribution < 1.29 is 17.6 Å². The molecule has 1 fully saturated rings. The fourth-order valence-electron chi connectivity index (χ4n) is 3.86. The summed E-state index contributed by atoms with van der Waals surface area (Å²) in [6, 6.07) is 17.8. The van der Waals surface area contributed by atoms with Crippen molar-refractivity contribution in [2.24, 2.45) is 0 Å². The summed E-state index contributed by atoms with van der Waals surface area (Å²) in [7, 11) is -3.55. The van der Waals surface area contributed by atoms with E-state index >= 15 is 0 Å². The summed E-state index contributed by atoms with van der Waals surface area (Å²) in [5.41, 5.74) is 2.46. The van der Waals surface area contributed by atoms with Crippen LogP contribution < -0.4 is 14.9 Å². The molecule has 1 aliphatic rings. The maximum absolute atomic E-state index is 12.8. The molecule has 1 amide bonds. The smallest absolute Gasteiger partial charge is 0.253 e. The summed E-state index contributed by atoms with van der Waals surface area (Å²) in [4.78, 5) is 15.2.